The zero-order valence-corrected chi connectivity index (χ0v) is 15.9. The molecule has 1 atom stereocenters. The molecule has 0 bridgehead atoms. The predicted octanol–water partition coefficient (Wildman–Crippen LogP) is 3.74. The average Bonchev–Trinajstić information content (AvgIpc) is 2.88. The van der Waals surface area contributed by atoms with Crippen molar-refractivity contribution in [1.29, 1.82) is 0 Å². The van der Waals surface area contributed by atoms with Crippen molar-refractivity contribution in [3.8, 4) is 0 Å². The summed E-state index contributed by atoms with van der Waals surface area (Å²) in [7, 11) is -3.98. The van der Waals surface area contributed by atoms with Gasteiger partial charge in [-0.05, 0) is 42.3 Å². The number of rotatable bonds is 5. The Kier molecular flexibility index (Phi) is 4.61. The fraction of sp³-hybridized carbons (Fsp3) is 0.235. The highest BCUT2D eigenvalue weighted by Crippen LogP contribution is 2.32. The number of furan rings is 1. The molecule has 6 nitrogen and oxygen atoms in total. The summed E-state index contributed by atoms with van der Waals surface area (Å²) in [6, 6.07) is 8.76. The van der Waals surface area contributed by atoms with Crippen LogP contribution in [0.4, 0.5) is 0 Å². The van der Waals surface area contributed by atoms with E-state index in [-0.39, 0.29) is 10.8 Å². The topological polar surface area (TPSA) is 96.6 Å². The van der Waals surface area contributed by atoms with Crippen LogP contribution in [0.15, 0.2) is 50.2 Å². The first kappa shape index (κ1) is 17.9. The minimum Gasteiger partial charge on any atom is -0.480 e. The Bertz CT molecular complexity index is 1070. The van der Waals surface area contributed by atoms with Crippen molar-refractivity contribution in [2.45, 2.75) is 24.8 Å². The van der Waals surface area contributed by atoms with E-state index in [0.29, 0.717) is 16.6 Å². The second-order valence-electron chi connectivity index (χ2n) is 6.08. The van der Waals surface area contributed by atoms with Gasteiger partial charge in [0.05, 0.1) is 4.90 Å². The molecule has 8 heteroatoms. The van der Waals surface area contributed by atoms with Gasteiger partial charge in [0.15, 0.2) is 0 Å². The number of hydrogen-bond acceptors (Lipinski definition) is 4. The van der Waals surface area contributed by atoms with E-state index in [0.717, 1.165) is 9.86 Å². The molecular formula is C17H16BrNO5S. The normalized spacial score (nSPS) is 13.6. The van der Waals surface area contributed by atoms with E-state index in [9.17, 15) is 18.3 Å². The fourth-order valence-corrected chi connectivity index (χ4v) is 4.31. The number of aliphatic carboxylic acids is 1. The molecule has 2 N–H and O–H groups in total. The molecule has 25 heavy (non-hydrogen) atoms. The molecule has 1 heterocycles. The summed E-state index contributed by atoms with van der Waals surface area (Å²) >= 11 is 3.37. The highest BCUT2D eigenvalue weighted by Gasteiger charge is 2.28. The Labute approximate surface area is 153 Å². The third-order valence-electron chi connectivity index (χ3n) is 3.93. The molecule has 0 amide bonds. The number of carboxylic acid groups (broad SMARTS) is 1. The number of sulfonamides is 1. The van der Waals surface area contributed by atoms with E-state index in [4.69, 9.17) is 4.42 Å². The number of benzene rings is 2. The van der Waals surface area contributed by atoms with Crippen LogP contribution in [0.25, 0.3) is 21.9 Å². The first-order chi connectivity index (χ1) is 11.7. The number of carboxylic acids is 1. The number of fused-ring (bicyclic) bond motifs is 3. The summed E-state index contributed by atoms with van der Waals surface area (Å²) in [4.78, 5) is 11.3. The molecule has 0 aliphatic rings. The van der Waals surface area contributed by atoms with Gasteiger partial charge in [-0.3, -0.25) is 4.79 Å². The maximum absolute atomic E-state index is 12.6. The lowest BCUT2D eigenvalue weighted by Crippen LogP contribution is -2.44. The first-order valence-electron chi connectivity index (χ1n) is 7.56. The fourth-order valence-electron chi connectivity index (χ4n) is 2.60. The number of carbonyl (C=O) groups is 1. The van der Waals surface area contributed by atoms with Crippen LogP contribution in [0, 0.1) is 5.92 Å². The van der Waals surface area contributed by atoms with Crippen LogP contribution in [-0.4, -0.2) is 25.5 Å². The molecule has 0 saturated carbocycles. The van der Waals surface area contributed by atoms with Gasteiger partial charge in [0, 0.05) is 15.2 Å². The summed E-state index contributed by atoms with van der Waals surface area (Å²) < 4.78 is 34.0. The molecule has 0 aliphatic carbocycles. The second-order valence-corrected chi connectivity index (χ2v) is 8.71. The third kappa shape index (κ3) is 3.42. The summed E-state index contributed by atoms with van der Waals surface area (Å²) in [5.41, 5.74) is 1.20. The van der Waals surface area contributed by atoms with E-state index in [1.807, 2.05) is 12.1 Å². The minimum atomic E-state index is -3.98. The molecule has 2 aromatic carbocycles. The molecule has 0 spiro atoms. The van der Waals surface area contributed by atoms with Crippen LogP contribution in [-0.2, 0) is 14.8 Å². The van der Waals surface area contributed by atoms with Gasteiger partial charge in [0.1, 0.15) is 17.2 Å². The zero-order chi connectivity index (χ0) is 18.4. The van der Waals surface area contributed by atoms with Crippen LogP contribution in [0.3, 0.4) is 0 Å². The predicted molar refractivity (Wildman–Crippen MR) is 98.0 cm³/mol. The van der Waals surface area contributed by atoms with Crippen LogP contribution >= 0.6 is 15.9 Å². The minimum absolute atomic E-state index is 0.00230. The van der Waals surface area contributed by atoms with Crippen LogP contribution in [0.5, 0.6) is 0 Å². The van der Waals surface area contributed by atoms with Crippen LogP contribution < -0.4 is 4.72 Å². The summed E-state index contributed by atoms with van der Waals surface area (Å²) in [6.07, 6.45) is 0. The molecule has 3 aromatic rings. The molecule has 0 radical (unpaired) electrons. The van der Waals surface area contributed by atoms with E-state index < -0.39 is 22.0 Å². The third-order valence-corrected chi connectivity index (χ3v) is 5.86. The highest BCUT2D eigenvalue weighted by molar-refractivity contribution is 9.10. The molecular weight excluding hydrogens is 410 g/mol. The summed E-state index contributed by atoms with van der Waals surface area (Å²) in [6.45, 7) is 3.29. The average molecular weight is 426 g/mol. The van der Waals surface area contributed by atoms with Crippen LogP contribution in [0.2, 0.25) is 0 Å². The van der Waals surface area contributed by atoms with Gasteiger partial charge in [-0.25, -0.2) is 8.42 Å². The van der Waals surface area contributed by atoms with Gasteiger partial charge in [-0.1, -0.05) is 29.8 Å². The Balaban J connectivity index is 2.08. The van der Waals surface area contributed by atoms with Crippen molar-refractivity contribution in [3.63, 3.8) is 0 Å². The van der Waals surface area contributed by atoms with Crippen molar-refractivity contribution in [2.24, 2.45) is 5.92 Å². The van der Waals surface area contributed by atoms with Gasteiger partial charge >= 0.3 is 5.97 Å². The lowest BCUT2D eigenvalue weighted by molar-refractivity contribution is -0.140. The lowest BCUT2D eigenvalue weighted by atomic mass is 10.1. The Morgan fingerprint density at radius 2 is 1.84 bits per heavy atom. The van der Waals surface area contributed by atoms with E-state index in [2.05, 4.69) is 20.7 Å². The smallest absolute Gasteiger partial charge is 0.322 e. The molecule has 1 aromatic heterocycles. The van der Waals surface area contributed by atoms with Crippen molar-refractivity contribution >= 4 is 53.9 Å². The summed E-state index contributed by atoms with van der Waals surface area (Å²) in [5, 5.41) is 10.7. The lowest BCUT2D eigenvalue weighted by Gasteiger charge is -2.17. The molecule has 0 unspecified atom stereocenters. The second kappa shape index (κ2) is 6.44. The molecule has 0 saturated heterocycles. The highest BCUT2D eigenvalue weighted by atomic mass is 79.9. The number of hydrogen-bond donors (Lipinski definition) is 2. The number of halogens is 1. The van der Waals surface area contributed by atoms with Crippen LogP contribution in [0.1, 0.15) is 13.8 Å². The summed E-state index contributed by atoms with van der Waals surface area (Å²) in [5.74, 6) is -1.60. The van der Waals surface area contributed by atoms with Gasteiger partial charge < -0.3 is 9.52 Å². The van der Waals surface area contributed by atoms with Crippen molar-refractivity contribution in [1.82, 2.24) is 4.72 Å². The Morgan fingerprint density at radius 3 is 2.48 bits per heavy atom. The van der Waals surface area contributed by atoms with Gasteiger partial charge in [-0.2, -0.15) is 4.72 Å². The molecule has 132 valence electrons. The molecule has 3 rings (SSSR count). The maximum Gasteiger partial charge on any atom is 0.322 e. The van der Waals surface area contributed by atoms with Gasteiger partial charge in [0.2, 0.25) is 10.0 Å². The zero-order valence-electron chi connectivity index (χ0n) is 13.5. The van der Waals surface area contributed by atoms with Gasteiger partial charge in [0.25, 0.3) is 0 Å². The number of nitrogens with one attached hydrogen (secondary N) is 1. The van der Waals surface area contributed by atoms with Crippen molar-refractivity contribution in [3.05, 3.63) is 40.9 Å². The monoisotopic (exact) mass is 425 g/mol. The standard InChI is InChI=1S/C17H16BrNO5S/c1-9(2)16(17(20)21)19-25(22,23)11-4-6-14-13(8-11)12-5-3-10(18)7-15(12)24-14/h3-9,16,19H,1-2H3,(H,20,21)/t16-/m0/s1. The SMILES string of the molecule is CC(C)[C@H](NS(=O)(=O)c1ccc2oc3cc(Br)ccc3c2c1)C(=O)O. The van der Waals surface area contributed by atoms with Gasteiger partial charge in [-0.15, -0.1) is 0 Å². The van der Waals surface area contributed by atoms with E-state index in [1.54, 1.807) is 26.0 Å². The van der Waals surface area contributed by atoms with Crippen molar-refractivity contribution in [2.75, 3.05) is 0 Å². The molecule has 0 fully saturated rings. The Hall–Kier alpha value is -1.90. The van der Waals surface area contributed by atoms with E-state index in [1.165, 1.54) is 12.1 Å². The maximum atomic E-state index is 12.6. The van der Waals surface area contributed by atoms with Crippen molar-refractivity contribution < 1.29 is 22.7 Å². The quantitative estimate of drug-likeness (QED) is 0.648. The first-order valence-corrected chi connectivity index (χ1v) is 9.83. The molecule has 0 aliphatic heterocycles. The Morgan fingerprint density at radius 1 is 1.12 bits per heavy atom. The van der Waals surface area contributed by atoms with E-state index >= 15 is 0 Å². The largest absolute Gasteiger partial charge is 0.480 e.